The van der Waals surface area contributed by atoms with Crippen molar-refractivity contribution < 1.29 is 17.6 Å². The fraction of sp³-hybridized carbons (Fsp3) is 0.571. The van der Waals surface area contributed by atoms with Crippen LogP contribution >= 0.6 is 28.3 Å². The lowest BCUT2D eigenvalue weighted by molar-refractivity contribution is -0.138. The normalized spacial score (nSPS) is 17.9. The first-order valence-electron chi connectivity index (χ1n) is 6.84. The first-order valence-corrected chi connectivity index (χ1v) is 7.63. The van der Waals surface area contributed by atoms with Crippen molar-refractivity contribution >= 4 is 28.3 Å². The average molecular weight is 406 g/mol. The number of hydrogen-bond donors (Lipinski definition) is 1. The van der Waals surface area contributed by atoms with Crippen LogP contribution in [-0.2, 0) is 0 Å². The van der Waals surface area contributed by atoms with E-state index in [0.29, 0.717) is 18.7 Å². The predicted octanol–water partition coefficient (Wildman–Crippen LogP) is 4.30. The Balaban J connectivity index is 0.00000242. The lowest BCUT2D eigenvalue weighted by atomic mass is 9.99. The summed E-state index contributed by atoms with van der Waals surface area (Å²) in [7, 11) is 0. The molecular weight excluding hydrogens is 388 g/mol. The third-order valence-corrected chi connectivity index (χ3v) is 4.47. The maximum absolute atomic E-state index is 13.7. The van der Waals surface area contributed by atoms with Crippen molar-refractivity contribution in [1.82, 2.24) is 10.2 Å². The van der Waals surface area contributed by atoms with Gasteiger partial charge in [0, 0.05) is 38.6 Å². The standard InChI is InChI=1S/C14H17BrF4N2.ClH/c15-13-10(2-1-3-11(13)16)12(4-5-14(17,18)19)21-8-6-20-7-9-21;/h1-3,12,20H,4-9H2;1H/t12-;/m0./s1. The van der Waals surface area contributed by atoms with Gasteiger partial charge in [-0.05, 0) is 34.0 Å². The van der Waals surface area contributed by atoms with Crippen LogP contribution in [0.3, 0.4) is 0 Å². The molecule has 1 fully saturated rings. The molecule has 1 heterocycles. The van der Waals surface area contributed by atoms with E-state index < -0.39 is 24.5 Å². The molecule has 8 heteroatoms. The molecule has 126 valence electrons. The van der Waals surface area contributed by atoms with Gasteiger partial charge < -0.3 is 5.32 Å². The van der Waals surface area contributed by atoms with E-state index in [4.69, 9.17) is 0 Å². The van der Waals surface area contributed by atoms with Crippen molar-refractivity contribution in [2.24, 2.45) is 0 Å². The summed E-state index contributed by atoms with van der Waals surface area (Å²) in [5.74, 6) is -0.445. The Hall–Kier alpha value is -0.370. The molecule has 0 saturated carbocycles. The Morgan fingerprint density at radius 1 is 1.23 bits per heavy atom. The SMILES string of the molecule is Cl.Fc1cccc([C@H](CCC(F)(F)F)N2CCNCC2)c1Br. The third-order valence-electron chi connectivity index (χ3n) is 3.63. The monoisotopic (exact) mass is 404 g/mol. The second-order valence-electron chi connectivity index (χ2n) is 5.10. The first-order chi connectivity index (χ1) is 9.88. The van der Waals surface area contributed by atoms with E-state index in [9.17, 15) is 17.6 Å². The lowest BCUT2D eigenvalue weighted by Crippen LogP contribution is -2.45. The molecule has 2 rings (SSSR count). The number of halogens is 6. The fourth-order valence-electron chi connectivity index (χ4n) is 2.61. The van der Waals surface area contributed by atoms with Gasteiger partial charge in [-0.25, -0.2) is 4.39 Å². The van der Waals surface area contributed by atoms with E-state index in [1.165, 1.54) is 12.1 Å². The van der Waals surface area contributed by atoms with Gasteiger partial charge in [0.25, 0.3) is 0 Å². The summed E-state index contributed by atoms with van der Waals surface area (Å²) >= 11 is 3.17. The molecule has 0 bridgehead atoms. The van der Waals surface area contributed by atoms with Crippen LogP contribution in [0.15, 0.2) is 22.7 Å². The van der Waals surface area contributed by atoms with Gasteiger partial charge in [-0.3, -0.25) is 4.90 Å². The van der Waals surface area contributed by atoms with E-state index in [-0.39, 0.29) is 23.3 Å². The molecule has 1 N–H and O–H groups in total. The Kier molecular flexibility index (Phi) is 7.58. The Morgan fingerprint density at radius 2 is 1.86 bits per heavy atom. The first kappa shape index (κ1) is 19.7. The largest absolute Gasteiger partial charge is 0.389 e. The minimum Gasteiger partial charge on any atom is -0.314 e. The Bertz CT molecular complexity index is 478. The number of nitrogens with zero attached hydrogens (tertiary/aromatic N) is 1. The smallest absolute Gasteiger partial charge is 0.314 e. The fourth-order valence-corrected chi connectivity index (χ4v) is 3.14. The molecule has 1 aromatic carbocycles. The highest BCUT2D eigenvalue weighted by molar-refractivity contribution is 9.10. The second kappa shape index (κ2) is 8.47. The molecule has 2 nitrogen and oxygen atoms in total. The van der Waals surface area contributed by atoms with E-state index in [1.54, 1.807) is 6.07 Å². The van der Waals surface area contributed by atoms with Crippen LogP contribution in [0.25, 0.3) is 0 Å². The average Bonchev–Trinajstić information content (AvgIpc) is 2.43. The molecule has 1 aliphatic rings. The summed E-state index contributed by atoms with van der Waals surface area (Å²) in [4.78, 5) is 1.99. The molecule has 1 atom stereocenters. The summed E-state index contributed by atoms with van der Waals surface area (Å²) in [5, 5.41) is 3.17. The number of rotatable bonds is 4. The number of alkyl halides is 3. The van der Waals surface area contributed by atoms with Gasteiger partial charge >= 0.3 is 6.18 Å². The molecule has 0 unspecified atom stereocenters. The highest BCUT2D eigenvalue weighted by atomic mass is 79.9. The number of benzene rings is 1. The zero-order valence-electron chi connectivity index (χ0n) is 11.8. The summed E-state index contributed by atoms with van der Waals surface area (Å²) in [6.07, 6.45) is -5.14. The number of piperazine rings is 1. The number of nitrogens with one attached hydrogen (secondary N) is 1. The van der Waals surface area contributed by atoms with E-state index in [1.807, 2.05) is 4.90 Å². The second-order valence-corrected chi connectivity index (χ2v) is 5.89. The Labute approximate surface area is 141 Å². The van der Waals surface area contributed by atoms with Crippen molar-refractivity contribution in [3.8, 4) is 0 Å². The van der Waals surface area contributed by atoms with Crippen LogP contribution in [0.2, 0.25) is 0 Å². The molecule has 0 aliphatic carbocycles. The van der Waals surface area contributed by atoms with Gasteiger partial charge in [-0.2, -0.15) is 13.2 Å². The quantitative estimate of drug-likeness (QED) is 0.752. The van der Waals surface area contributed by atoms with Gasteiger partial charge in [0.2, 0.25) is 0 Å². The summed E-state index contributed by atoms with van der Waals surface area (Å²) in [6.45, 7) is 2.78. The van der Waals surface area contributed by atoms with Crippen LogP contribution < -0.4 is 5.32 Å². The van der Waals surface area contributed by atoms with E-state index in [0.717, 1.165) is 13.1 Å². The molecule has 22 heavy (non-hydrogen) atoms. The van der Waals surface area contributed by atoms with Crippen molar-refractivity contribution in [2.75, 3.05) is 26.2 Å². The van der Waals surface area contributed by atoms with Crippen molar-refractivity contribution in [3.63, 3.8) is 0 Å². The molecule has 1 saturated heterocycles. The van der Waals surface area contributed by atoms with Gasteiger partial charge in [-0.15, -0.1) is 12.4 Å². The van der Waals surface area contributed by atoms with Crippen LogP contribution in [0.1, 0.15) is 24.4 Å². The van der Waals surface area contributed by atoms with Gasteiger partial charge in [0.05, 0.1) is 4.47 Å². The molecule has 0 radical (unpaired) electrons. The van der Waals surface area contributed by atoms with Crippen molar-refractivity contribution in [2.45, 2.75) is 25.1 Å². The maximum atomic E-state index is 13.7. The summed E-state index contributed by atoms with van der Waals surface area (Å²) in [6, 6.07) is 4.10. The number of hydrogen-bond acceptors (Lipinski definition) is 2. The molecule has 0 spiro atoms. The summed E-state index contributed by atoms with van der Waals surface area (Å²) in [5.41, 5.74) is 0.584. The third kappa shape index (κ3) is 5.37. The molecular formula is C14H18BrClF4N2. The topological polar surface area (TPSA) is 15.3 Å². The molecule has 1 aromatic rings. The lowest BCUT2D eigenvalue weighted by Gasteiger charge is -2.36. The van der Waals surface area contributed by atoms with Crippen LogP contribution in [-0.4, -0.2) is 37.3 Å². The van der Waals surface area contributed by atoms with Crippen LogP contribution in [0, 0.1) is 5.82 Å². The molecule has 1 aliphatic heterocycles. The van der Waals surface area contributed by atoms with Gasteiger partial charge in [-0.1, -0.05) is 12.1 Å². The molecule has 0 amide bonds. The van der Waals surface area contributed by atoms with Gasteiger partial charge in [0.1, 0.15) is 5.82 Å². The molecule has 0 aromatic heterocycles. The highest BCUT2D eigenvalue weighted by Gasteiger charge is 2.32. The zero-order valence-corrected chi connectivity index (χ0v) is 14.2. The zero-order chi connectivity index (χ0) is 15.5. The van der Waals surface area contributed by atoms with Gasteiger partial charge in [0.15, 0.2) is 0 Å². The van der Waals surface area contributed by atoms with Crippen molar-refractivity contribution in [3.05, 3.63) is 34.1 Å². The van der Waals surface area contributed by atoms with Crippen molar-refractivity contribution in [1.29, 1.82) is 0 Å². The minimum atomic E-state index is -4.20. The van der Waals surface area contributed by atoms with Crippen LogP contribution in [0.4, 0.5) is 17.6 Å². The highest BCUT2D eigenvalue weighted by Crippen LogP contribution is 2.35. The maximum Gasteiger partial charge on any atom is 0.389 e. The van der Waals surface area contributed by atoms with E-state index in [2.05, 4.69) is 21.2 Å². The minimum absolute atomic E-state index is 0. The van der Waals surface area contributed by atoms with Crippen LogP contribution in [0.5, 0.6) is 0 Å². The summed E-state index contributed by atoms with van der Waals surface area (Å²) < 4.78 is 51.6. The Morgan fingerprint density at radius 3 is 2.45 bits per heavy atom. The predicted molar refractivity (Wildman–Crippen MR) is 83.8 cm³/mol. The van der Waals surface area contributed by atoms with E-state index >= 15 is 0 Å².